The number of pyridine rings is 1. The number of aromatic nitrogens is 1. The van der Waals surface area contributed by atoms with Gasteiger partial charge in [-0.05, 0) is 35.0 Å². The van der Waals surface area contributed by atoms with Gasteiger partial charge in [-0.3, -0.25) is 9.78 Å². The van der Waals surface area contributed by atoms with Crippen LogP contribution in [0.15, 0.2) is 84.6 Å². The number of allylic oxidation sites excluding steroid dienone is 2. The summed E-state index contributed by atoms with van der Waals surface area (Å²) in [6.45, 7) is 7.60. The summed E-state index contributed by atoms with van der Waals surface area (Å²) >= 11 is 0. The minimum atomic E-state index is 0. The Morgan fingerprint density at radius 3 is 2.33 bits per heavy atom. The molecule has 1 heterocycles. The predicted molar refractivity (Wildman–Crippen MR) is 133 cm³/mol. The van der Waals surface area contributed by atoms with Crippen molar-refractivity contribution < 1.29 is 30.0 Å². The van der Waals surface area contributed by atoms with Gasteiger partial charge < -0.3 is 5.11 Å². The smallest absolute Gasteiger partial charge is 0.316 e. The molecule has 0 spiro atoms. The summed E-state index contributed by atoms with van der Waals surface area (Å²) in [6.07, 6.45) is 1.28. The number of hydrogen-bond donors (Lipinski definition) is 1. The van der Waals surface area contributed by atoms with Crippen LogP contribution in [-0.2, 0) is 25.5 Å². The van der Waals surface area contributed by atoms with Crippen LogP contribution >= 0.6 is 0 Å². The zero-order valence-corrected chi connectivity index (χ0v) is 21.6. The van der Waals surface area contributed by atoms with E-state index in [1.54, 1.807) is 0 Å². The summed E-state index contributed by atoms with van der Waals surface area (Å²) in [5.41, 5.74) is 8.45. The van der Waals surface area contributed by atoms with Gasteiger partial charge in [0.2, 0.25) is 0 Å². The number of fused-ring (bicyclic) bond motifs is 4. The first kappa shape index (κ1) is 24.6. The Labute approximate surface area is 208 Å². The number of aliphatic hydroxyl groups excluding tert-OH is 1. The summed E-state index contributed by atoms with van der Waals surface area (Å²) in [6, 6.07) is 29.0. The van der Waals surface area contributed by atoms with Gasteiger partial charge >= 0.3 is 5.78 Å². The van der Waals surface area contributed by atoms with E-state index in [2.05, 4.69) is 80.6 Å². The average Bonchev–Trinajstić information content (AvgIpc) is 3.00. The fraction of sp³-hybridized carbons (Fsp3) is 0.172. The monoisotopic (exact) mass is 614 g/mol. The molecule has 0 saturated carbocycles. The van der Waals surface area contributed by atoms with Crippen molar-refractivity contribution in [1.82, 2.24) is 4.98 Å². The van der Waals surface area contributed by atoms with Gasteiger partial charge in [0.1, 0.15) is 0 Å². The SMILES string of the molecule is CC(=[OH+])/C=C(/C)O.CC1(C)c2ccccc2-c2c[c-]c(-c3ccc4ccccc4n3)cc21.[Ir]. The van der Waals surface area contributed by atoms with Gasteiger partial charge in [0, 0.05) is 20.1 Å². The Bertz CT molecular complexity index is 1350. The molecule has 5 rings (SSSR count). The third kappa shape index (κ3) is 4.98. The maximum absolute atomic E-state index is 8.40. The van der Waals surface area contributed by atoms with Crippen LogP contribution in [0.5, 0.6) is 0 Å². The van der Waals surface area contributed by atoms with Crippen molar-refractivity contribution in [1.29, 1.82) is 0 Å². The number of hydrogen-bond acceptors (Lipinski definition) is 2. The first-order valence-electron chi connectivity index (χ1n) is 10.7. The van der Waals surface area contributed by atoms with E-state index in [0.29, 0.717) is 0 Å². The van der Waals surface area contributed by atoms with E-state index in [9.17, 15) is 0 Å². The molecule has 0 fully saturated rings. The maximum Gasteiger partial charge on any atom is 0.316 e. The molecule has 1 radical (unpaired) electrons. The Kier molecular flexibility index (Phi) is 7.31. The van der Waals surface area contributed by atoms with E-state index >= 15 is 0 Å². The number of carbonyl (C=O) groups excluding carboxylic acids is 1. The molecule has 0 saturated heterocycles. The molecule has 169 valence electrons. The van der Waals surface area contributed by atoms with Crippen LogP contribution in [-0.4, -0.2) is 20.7 Å². The summed E-state index contributed by atoms with van der Waals surface area (Å²) in [5.74, 6) is 0.250. The first-order valence-corrected chi connectivity index (χ1v) is 10.7. The molecule has 0 aliphatic heterocycles. The molecule has 1 aliphatic carbocycles. The second-order valence-electron chi connectivity index (χ2n) is 8.66. The van der Waals surface area contributed by atoms with Crippen molar-refractivity contribution in [2.45, 2.75) is 33.1 Å². The van der Waals surface area contributed by atoms with Crippen molar-refractivity contribution in [3.63, 3.8) is 0 Å². The molecule has 0 unspecified atom stereocenters. The Morgan fingerprint density at radius 2 is 1.64 bits per heavy atom. The number of nitrogens with zero attached hydrogens (tertiary/aromatic N) is 1. The van der Waals surface area contributed by atoms with Gasteiger partial charge in [-0.1, -0.05) is 79.6 Å². The normalized spacial score (nSPS) is 13.3. The van der Waals surface area contributed by atoms with Crippen LogP contribution in [0.1, 0.15) is 38.8 Å². The van der Waals surface area contributed by atoms with Crippen molar-refractivity contribution in [2.75, 3.05) is 0 Å². The Balaban J connectivity index is 0.000000337. The van der Waals surface area contributed by atoms with Crippen LogP contribution in [0, 0.1) is 6.07 Å². The molecule has 2 N–H and O–H groups in total. The predicted octanol–water partition coefficient (Wildman–Crippen LogP) is 7.02. The molecule has 1 aliphatic rings. The summed E-state index contributed by atoms with van der Waals surface area (Å²) in [5, 5.41) is 9.57. The van der Waals surface area contributed by atoms with Crippen LogP contribution < -0.4 is 0 Å². The van der Waals surface area contributed by atoms with Gasteiger partial charge in [-0.15, -0.1) is 29.3 Å². The largest absolute Gasteiger partial charge is 0.512 e. The van der Waals surface area contributed by atoms with Crippen molar-refractivity contribution in [2.24, 2.45) is 0 Å². The third-order valence-corrected chi connectivity index (χ3v) is 5.81. The van der Waals surface area contributed by atoms with E-state index < -0.39 is 0 Å². The quantitative estimate of drug-likeness (QED) is 0.114. The van der Waals surface area contributed by atoms with Crippen molar-refractivity contribution in [3.05, 3.63) is 102 Å². The zero-order chi connectivity index (χ0) is 22.9. The zero-order valence-electron chi connectivity index (χ0n) is 19.2. The maximum atomic E-state index is 8.40. The fourth-order valence-electron chi connectivity index (χ4n) is 4.31. The second kappa shape index (κ2) is 9.82. The third-order valence-electron chi connectivity index (χ3n) is 5.81. The van der Waals surface area contributed by atoms with E-state index in [4.69, 9.17) is 14.9 Å². The second-order valence-corrected chi connectivity index (χ2v) is 8.66. The molecule has 4 heteroatoms. The van der Waals surface area contributed by atoms with Gasteiger partial charge in [-0.2, -0.15) is 0 Å². The topological polar surface area (TPSA) is 54.5 Å². The van der Waals surface area contributed by atoms with Crippen molar-refractivity contribution >= 4 is 16.7 Å². The number of rotatable bonds is 2. The van der Waals surface area contributed by atoms with Gasteiger partial charge in [-0.25, -0.2) is 0 Å². The van der Waals surface area contributed by atoms with E-state index in [1.165, 1.54) is 47.6 Å². The number of aliphatic hydroxyl groups is 1. The van der Waals surface area contributed by atoms with Gasteiger partial charge in [0.15, 0.2) is 0 Å². The van der Waals surface area contributed by atoms with Gasteiger partial charge in [0.05, 0.1) is 24.3 Å². The molecule has 3 aromatic carbocycles. The molecule has 0 atom stereocenters. The average molecular weight is 614 g/mol. The Morgan fingerprint density at radius 1 is 0.939 bits per heavy atom. The molecule has 0 amide bonds. The van der Waals surface area contributed by atoms with Crippen LogP contribution in [0.3, 0.4) is 0 Å². The van der Waals surface area contributed by atoms with E-state index in [-0.39, 0.29) is 37.1 Å². The molecular formula is C29H27IrNO2. The minimum absolute atomic E-state index is 0. The number of benzene rings is 3. The van der Waals surface area contributed by atoms with Crippen LogP contribution in [0.2, 0.25) is 0 Å². The standard InChI is InChI=1S/C24H18N.C5H8O2.Ir/c1-24(2)20-9-5-4-8-18(20)19-13-11-17(15-21(19)24)23-14-12-16-7-3-6-10-22(16)25-23;1-4(6)3-5(2)7;/h3-10,12-15H,1-2H3;3,6H,1-2H3;/q-1;;/p+1/b;4-3-;. The molecule has 3 nitrogen and oxygen atoms in total. The van der Waals surface area contributed by atoms with Crippen LogP contribution in [0.4, 0.5) is 0 Å². The van der Waals surface area contributed by atoms with Crippen LogP contribution in [0.25, 0.3) is 33.3 Å². The fourth-order valence-corrected chi connectivity index (χ4v) is 4.31. The molecule has 4 aromatic rings. The van der Waals surface area contributed by atoms with Crippen molar-refractivity contribution in [3.8, 4) is 22.4 Å². The summed E-state index contributed by atoms with van der Waals surface area (Å²) in [7, 11) is 0. The summed E-state index contributed by atoms with van der Waals surface area (Å²) < 4.78 is 0. The van der Waals surface area contributed by atoms with E-state index in [1.807, 2.05) is 12.1 Å². The minimum Gasteiger partial charge on any atom is -0.512 e. The molecule has 0 bridgehead atoms. The van der Waals surface area contributed by atoms with Gasteiger partial charge in [0.25, 0.3) is 0 Å². The number of para-hydroxylation sites is 1. The molecule has 33 heavy (non-hydrogen) atoms. The number of ketones is 1. The first-order chi connectivity index (χ1) is 15.3. The Hall–Kier alpha value is -3.07. The summed E-state index contributed by atoms with van der Waals surface area (Å²) in [4.78, 5) is 13.2. The molecule has 1 aromatic heterocycles. The molecular weight excluding hydrogens is 587 g/mol. The van der Waals surface area contributed by atoms with E-state index in [0.717, 1.165) is 16.8 Å².